The lowest BCUT2D eigenvalue weighted by Gasteiger charge is -2.01. The van der Waals surface area contributed by atoms with Crippen LogP contribution in [0.1, 0.15) is 31.6 Å². The molecule has 14 heavy (non-hydrogen) atoms. The second-order valence-electron chi connectivity index (χ2n) is 3.10. The molecule has 3 nitrogen and oxygen atoms in total. The summed E-state index contributed by atoms with van der Waals surface area (Å²) in [4.78, 5) is 11.2. The third-order valence-electron chi connectivity index (χ3n) is 1.97. The summed E-state index contributed by atoms with van der Waals surface area (Å²) in [5.41, 5.74) is 1.11. The van der Waals surface area contributed by atoms with Gasteiger partial charge in [-0.2, -0.15) is 0 Å². The van der Waals surface area contributed by atoms with E-state index in [1.807, 2.05) is 6.07 Å². The Bertz CT molecular complexity index is 288. The van der Waals surface area contributed by atoms with Crippen LogP contribution < -0.4 is 0 Å². The molecule has 1 aromatic heterocycles. The van der Waals surface area contributed by atoms with Gasteiger partial charge < -0.3 is 9.15 Å². The number of aryl methyl sites for hydroxylation is 1. The standard InChI is InChI=1S/C11H16O3/c1-3-5-9-6-7-14-10(9)8-11(12)13-4-2/h6-7H,3-5,8H2,1-2H3. The van der Waals surface area contributed by atoms with Gasteiger partial charge in [-0.05, 0) is 25.0 Å². The monoisotopic (exact) mass is 196 g/mol. The number of hydrogen-bond donors (Lipinski definition) is 0. The molecule has 0 bridgehead atoms. The van der Waals surface area contributed by atoms with Crippen LogP contribution in [0.5, 0.6) is 0 Å². The first kappa shape index (κ1) is 10.8. The number of carbonyl (C=O) groups is 1. The molecule has 0 spiro atoms. The van der Waals surface area contributed by atoms with E-state index < -0.39 is 0 Å². The minimum Gasteiger partial charge on any atom is -0.468 e. The van der Waals surface area contributed by atoms with Crippen LogP contribution in [0.3, 0.4) is 0 Å². The van der Waals surface area contributed by atoms with Crippen molar-refractivity contribution in [2.75, 3.05) is 6.61 Å². The molecule has 0 aliphatic rings. The van der Waals surface area contributed by atoms with Crippen molar-refractivity contribution in [2.24, 2.45) is 0 Å². The van der Waals surface area contributed by atoms with E-state index in [0.717, 1.165) is 24.2 Å². The Balaban J connectivity index is 2.56. The zero-order chi connectivity index (χ0) is 10.4. The number of ether oxygens (including phenoxy) is 1. The van der Waals surface area contributed by atoms with Crippen molar-refractivity contribution < 1.29 is 13.9 Å². The van der Waals surface area contributed by atoms with E-state index in [2.05, 4.69) is 6.92 Å². The lowest BCUT2D eigenvalue weighted by atomic mass is 10.1. The summed E-state index contributed by atoms with van der Waals surface area (Å²) in [6.07, 6.45) is 3.87. The number of furan rings is 1. The molecule has 1 aromatic rings. The van der Waals surface area contributed by atoms with E-state index in [1.54, 1.807) is 13.2 Å². The molecule has 0 N–H and O–H groups in total. The fourth-order valence-corrected chi connectivity index (χ4v) is 1.36. The van der Waals surface area contributed by atoms with Gasteiger partial charge in [-0.25, -0.2) is 0 Å². The van der Waals surface area contributed by atoms with Gasteiger partial charge in [-0.3, -0.25) is 4.79 Å². The molecular formula is C11H16O3. The van der Waals surface area contributed by atoms with E-state index in [0.29, 0.717) is 6.61 Å². The number of hydrogen-bond acceptors (Lipinski definition) is 3. The average Bonchev–Trinajstić information content (AvgIpc) is 2.54. The fourth-order valence-electron chi connectivity index (χ4n) is 1.36. The van der Waals surface area contributed by atoms with Crippen molar-refractivity contribution in [3.05, 3.63) is 23.7 Å². The first-order valence-electron chi connectivity index (χ1n) is 4.98. The maximum Gasteiger partial charge on any atom is 0.313 e. The second-order valence-corrected chi connectivity index (χ2v) is 3.10. The van der Waals surface area contributed by atoms with Gasteiger partial charge in [-0.15, -0.1) is 0 Å². The first-order valence-corrected chi connectivity index (χ1v) is 4.98. The molecule has 3 heteroatoms. The van der Waals surface area contributed by atoms with Crippen LogP contribution in [0, 0.1) is 0 Å². The molecule has 0 saturated carbocycles. The highest BCUT2D eigenvalue weighted by Gasteiger charge is 2.11. The molecule has 1 rings (SSSR count). The van der Waals surface area contributed by atoms with Crippen molar-refractivity contribution in [3.63, 3.8) is 0 Å². The van der Waals surface area contributed by atoms with Gasteiger partial charge in [0.05, 0.1) is 12.9 Å². The van der Waals surface area contributed by atoms with Crippen molar-refractivity contribution >= 4 is 5.97 Å². The van der Waals surface area contributed by atoms with Gasteiger partial charge in [0.1, 0.15) is 12.2 Å². The van der Waals surface area contributed by atoms with E-state index in [1.165, 1.54) is 0 Å². The Morgan fingerprint density at radius 2 is 2.29 bits per heavy atom. The highest BCUT2D eigenvalue weighted by atomic mass is 16.5. The minimum atomic E-state index is -0.222. The van der Waals surface area contributed by atoms with Gasteiger partial charge in [0.2, 0.25) is 0 Å². The predicted molar refractivity (Wildman–Crippen MR) is 53.0 cm³/mol. The Morgan fingerprint density at radius 1 is 1.50 bits per heavy atom. The lowest BCUT2D eigenvalue weighted by Crippen LogP contribution is -2.08. The summed E-state index contributed by atoms with van der Waals surface area (Å²) in [6.45, 7) is 4.32. The molecule has 0 saturated heterocycles. The number of carbonyl (C=O) groups excluding carboxylic acids is 1. The summed E-state index contributed by atoms with van der Waals surface area (Å²) < 4.78 is 10.1. The molecular weight excluding hydrogens is 180 g/mol. The molecule has 0 unspecified atom stereocenters. The topological polar surface area (TPSA) is 39.4 Å². The minimum absolute atomic E-state index is 0.222. The summed E-state index contributed by atoms with van der Waals surface area (Å²) >= 11 is 0. The fraction of sp³-hybridized carbons (Fsp3) is 0.545. The van der Waals surface area contributed by atoms with Crippen molar-refractivity contribution in [1.29, 1.82) is 0 Å². The predicted octanol–water partition coefficient (Wildman–Crippen LogP) is 2.34. The summed E-state index contributed by atoms with van der Waals surface area (Å²) in [7, 11) is 0. The van der Waals surface area contributed by atoms with E-state index in [4.69, 9.17) is 9.15 Å². The molecule has 0 atom stereocenters. The van der Waals surface area contributed by atoms with Crippen molar-refractivity contribution in [2.45, 2.75) is 33.1 Å². The molecule has 1 heterocycles. The van der Waals surface area contributed by atoms with Crippen LogP contribution in [0.25, 0.3) is 0 Å². The van der Waals surface area contributed by atoms with Crippen LogP contribution in [-0.4, -0.2) is 12.6 Å². The largest absolute Gasteiger partial charge is 0.468 e. The Labute approximate surface area is 84.1 Å². The molecule has 78 valence electrons. The lowest BCUT2D eigenvalue weighted by molar-refractivity contribution is -0.142. The average molecular weight is 196 g/mol. The normalized spacial score (nSPS) is 10.1. The Hall–Kier alpha value is -1.25. The zero-order valence-corrected chi connectivity index (χ0v) is 8.71. The maximum atomic E-state index is 11.2. The summed E-state index contributed by atoms with van der Waals surface area (Å²) in [5, 5.41) is 0. The first-order chi connectivity index (χ1) is 6.77. The van der Waals surface area contributed by atoms with Crippen LogP contribution in [-0.2, 0) is 22.4 Å². The molecule has 0 aliphatic carbocycles. The quantitative estimate of drug-likeness (QED) is 0.678. The smallest absolute Gasteiger partial charge is 0.313 e. The van der Waals surface area contributed by atoms with E-state index in [9.17, 15) is 4.79 Å². The SMILES string of the molecule is CCCc1ccoc1CC(=O)OCC. The van der Waals surface area contributed by atoms with Crippen LogP contribution in [0.4, 0.5) is 0 Å². The van der Waals surface area contributed by atoms with Gasteiger partial charge in [0.15, 0.2) is 0 Å². The molecule has 0 aromatic carbocycles. The number of esters is 1. The molecule has 0 fully saturated rings. The van der Waals surface area contributed by atoms with E-state index >= 15 is 0 Å². The molecule has 0 radical (unpaired) electrons. The zero-order valence-electron chi connectivity index (χ0n) is 8.71. The second kappa shape index (κ2) is 5.47. The Morgan fingerprint density at radius 3 is 2.93 bits per heavy atom. The van der Waals surface area contributed by atoms with Crippen LogP contribution in [0.15, 0.2) is 16.7 Å². The van der Waals surface area contributed by atoms with Gasteiger partial charge in [-0.1, -0.05) is 13.3 Å². The van der Waals surface area contributed by atoms with Gasteiger partial charge in [0.25, 0.3) is 0 Å². The highest BCUT2D eigenvalue weighted by molar-refractivity contribution is 5.72. The van der Waals surface area contributed by atoms with E-state index in [-0.39, 0.29) is 12.4 Å². The van der Waals surface area contributed by atoms with Crippen molar-refractivity contribution in [3.8, 4) is 0 Å². The maximum absolute atomic E-state index is 11.2. The molecule has 0 aliphatic heterocycles. The van der Waals surface area contributed by atoms with Gasteiger partial charge >= 0.3 is 5.97 Å². The summed E-state index contributed by atoms with van der Waals surface area (Å²) in [5.74, 6) is 0.519. The highest BCUT2D eigenvalue weighted by Crippen LogP contribution is 2.13. The van der Waals surface area contributed by atoms with Gasteiger partial charge in [0, 0.05) is 0 Å². The third-order valence-corrected chi connectivity index (χ3v) is 1.97. The Kier molecular flexibility index (Phi) is 4.23. The van der Waals surface area contributed by atoms with Crippen LogP contribution in [0.2, 0.25) is 0 Å². The van der Waals surface area contributed by atoms with Crippen LogP contribution >= 0.6 is 0 Å². The van der Waals surface area contributed by atoms with Crippen molar-refractivity contribution in [1.82, 2.24) is 0 Å². The molecule has 0 amide bonds. The third kappa shape index (κ3) is 2.91. The summed E-state index contributed by atoms with van der Waals surface area (Å²) in [6, 6.07) is 1.91. The number of rotatable bonds is 5.